The zero-order valence-electron chi connectivity index (χ0n) is 16.8. The fraction of sp³-hybridized carbons (Fsp3) is 0.895. The molecular formula is C19H36N2O4. The second-order valence-electron chi connectivity index (χ2n) is 7.49. The highest BCUT2D eigenvalue weighted by Gasteiger charge is 2.30. The van der Waals surface area contributed by atoms with Crippen molar-refractivity contribution in [3.8, 4) is 0 Å². The number of carbonyl (C=O) groups is 2. The van der Waals surface area contributed by atoms with Crippen LogP contribution in [0.3, 0.4) is 0 Å². The van der Waals surface area contributed by atoms with E-state index in [0.29, 0.717) is 5.92 Å². The highest BCUT2D eigenvalue weighted by atomic mass is 16.5. The summed E-state index contributed by atoms with van der Waals surface area (Å²) >= 11 is 0. The average Bonchev–Trinajstić information content (AvgIpc) is 2.60. The lowest BCUT2D eigenvalue weighted by atomic mass is 9.91. The Hall–Kier alpha value is -1.14. The first kappa shape index (κ1) is 21.9. The maximum atomic E-state index is 11.3. The van der Waals surface area contributed by atoms with Crippen LogP contribution in [0.5, 0.6) is 0 Å². The molecule has 0 aromatic rings. The molecule has 0 saturated carbocycles. The summed E-state index contributed by atoms with van der Waals surface area (Å²) in [4.78, 5) is 26.7. The monoisotopic (exact) mass is 356 g/mol. The third-order valence-electron chi connectivity index (χ3n) is 5.52. The topological polar surface area (TPSA) is 59.1 Å². The summed E-state index contributed by atoms with van der Waals surface area (Å²) in [6.45, 7) is 6.44. The molecule has 0 aromatic carbocycles. The molecule has 2 saturated heterocycles. The first-order valence-corrected chi connectivity index (χ1v) is 9.40. The number of methoxy groups -OCH3 is 2. The molecule has 0 amide bonds. The van der Waals surface area contributed by atoms with Gasteiger partial charge in [0.2, 0.25) is 0 Å². The number of hydrogen-bond acceptors (Lipinski definition) is 6. The van der Waals surface area contributed by atoms with Gasteiger partial charge in [0.1, 0.15) is 12.1 Å². The van der Waals surface area contributed by atoms with Gasteiger partial charge in [-0.3, -0.25) is 19.4 Å². The third-order valence-corrected chi connectivity index (χ3v) is 5.52. The van der Waals surface area contributed by atoms with Crippen molar-refractivity contribution in [2.24, 2.45) is 11.8 Å². The van der Waals surface area contributed by atoms with E-state index in [1.165, 1.54) is 20.6 Å². The van der Waals surface area contributed by atoms with Crippen molar-refractivity contribution in [3.05, 3.63) is 0 Å². The molecule has 25 heavy (non-hydrogen) atoms. The van der Waals surface area contributed by atoms with Crippen LogP contribution in [0, 0.1) is 11.8 Å². The summed E-state index contributed by atoms with van der Waals surface area (Å²) in [6.07, 6.45) is 5.37. The zero-order valence-corrected chi connectivity index (χ0v) is 16.8. The average molecular weight is 357 g/mol. The van der Waals surface area contributed by atoms with Gasteiger partial charge in [0.05, 0.1) is 14.2 Å². The van der Waals surface area contributed by atoms with E-state index in [-0.39, 0.29) is 24.0 Å². The standard InChI is InChI=1S/C10H19NO2.C9H17NO2/c1-4-8-5-6-9(10(12)13-3)11(2)7-8;1-7-4-5-8(9(11)12-3)10(2)6-7/h8-9H,4-7H2,1-3H3;7-8H,4-6H2,1-3H3/t8-,9+;7-,8-/m10/s1. The van der Waals surface area contributed by atoms with Crippen LogP contribution >= 0.6 is 0 Å². The minimum absolute atomic E-state index is 0.00667. The Morgan fingerprint density at radius 1 is 0.880 bits per heavy atom. The lowest BCUT2D eigenvalue weighted by Crippen LogP contribution is -2.45. The molecule has 146 valence electrons. The van der Waals surface area contributed by atoms with Gasteiger partial charge in [-0.2, -0.15) is 0 Å². The third kappa shape index (κ3) is 6.59. The SMILES string of the molecule is CC[C@@H]1CC[C@@H](C(=O)OC)N(C)C1.COC(=O)[C@@H]1CC[C@H](C)CN1C. The van der Waals surface area contributed by atoms with Crippen LogP contribution in [0.4, 0.5) is 0 Å². The molecule has 2 heterocycles. The van der Waals surface area contributed by atoms with Crippen molar-refractivity contribution < 1.29 is 19.1 Å². The molecule has 6 nitrogen and oxygen atoms in total. The van der Waals surface area contributed by atoms with Crippen molar-refractivity contribution in [1.29, 1.82) is 0 Å². The van der Waals surface area contributed by atoms with Gasteiger partial charge in [-0.1, -0.05) is 20.3 Å². The van der Waals surface area contributed by atoms with E-state index >= 15 is 0 Å². The highest BCUT2D eigenvalue weighted by molar-refractivity contribution is 5.76. The number of likely N-dealkylation sites (N-methyl/N-ethyl adjacent to an activating group) is 2. The molecule has 2 fully saturated rings. The van der Waals surface area contributed by atoms with E-state index in [1.54, 1.807) is 0 Å². The largest absolute Gasteiger partial charge is 0.468 e. The van der Waals surface area contributed by atoms with Gasteiger partial charge >= 0.3 is 11.9 Å². The molecule has 0 bridgehead atoms. The first-order valence-electron chi connectivity index (χ1n) is 9.40. The Morgan fingerprint density at radius 2 is 1.36 bits per heavy atom. The summed E-state index contributed by atoms with van der Waals surface area (Å²) in [6, 6.07) is -0.0148. The van der Waals surface area contributed by atoms with Crippen LogP contribution in [0.25, 0.3) is 0 Å². The van der Waals surface area contributed by atoms with Crippen LogP contribution in [-0.4, -0.2) is 75.2 Å². The van der Waals surface area contributed by atoms with Crippen LogP contribution in [0.2, 0.25) is 0 Å². The number of rotatable bonds is 3. The van der Waals surface area contributed by atoms with Crippen molar-refractivity contribution in [2.45, 2.75) is 58.0 Å². The van der Waals surface area contributed by atoms with Gasteiger partial charge in [-0.05, 0) is 51.6 Å². The van der Waals surface area contributed by atoms with E-state index in [0.717, 1.165) is 44.7 Å². The van der Waals surface area contributed by atoms with E-state index in [4.69, 9.17) is 9.47 Å². The number of hydrogen-bond donors (Lipinski definition) is 0. The lowest BCUT2D eigenvalue weighted by molar-refractivity contribution is -0.149. The molecule has 0 aliphatic carbocycles. The van der Waals surface area contributed by atoms with Crippen molar-refractivity contribution in [2.75, 3.05) is 41.4 Å². The quantitative estimate of drug-likeness (QED) is 0.723. The van der Waals surface area contributed by atoms with Gasteiger partial charge in [0, 0.05) is 13.1 Å². The van der Waals surface area contributed by atoms with Crippen LogP contribution in [0.1, 0.15) is 46.0 Å². The molecule has 0 spiro atoms. The predicted molar refractivity (Wildman–Crippen MR) is 98.3 cm³/mol. The smallest absolute Gasteiger partial charge is 0.323 e. The van der Waals surface area contributed by atoms with Crippen LogP contribution in [-0.2, 0) is 19.1 Å². The van der Waals surface area contributed by atoms with Gasteiger partial charge in [0.25, 0.3) is 0 Å². The second-order valence-corrected chi connectivity index (χ2v) is 7.49. The second kappa shape index (κ2) is 10.8. The van der Waals surface area contributed by atoms with E-state index in [2.05, 4.69) is 23.6 Å². The van der Waals surface area contributed by atoms with E-state index in [1.807, 2.05) is 14.1 Å². The van der Waals surface area contributed by atoms with E-state index in [9.17, 15) is 9.59 Å². The van der Waals surface area contributed by atoms with Crippen LogP contribution < -0.4 is 0 Å². The normalized spacial score (nSPS) is 30.8. The Bertz CT molecular complexity index is 430. The fourth-order valence-corrected chi connectivity index (χ4v) is 3.81. The molecule has 0 radical (unpaired) electrons. The summed E-state index contributed by atoms with van der Waals surface area (Å²) < 4.78 is 9.46. The van der Waals surface area contributed by atoms with Gasteiger partial charge in [0.15, 0.2) is 0 Å². The molecule has 6 heteroatoms. The summed E-state index contributed by atoms with van der Waals surface area (Å²) in [5.41, 5.74) is 0. The predicted octanol–water partition coefficient (Wildman–Crippen LogP) is 2.17. The number of nitrogens with zero attached hydrogens (tertiary/aromatic N) is 2. The number of piperidine rings is 2. The molecular weight excluding hydrogens is 320 g/mol. The van der Waals surface area contributed by atoms with Gasteiger partial charge in [-0.15, -0.1) is 0 Å². The molecule has 0 unspecified atom stereocenters. The van der Waals surface area contributed by atoms with Crippen LogP contribution in [0.15, 0.2) is 0 Å². The van der Waals surface area contributed by atoms with E-state index < -0.39 is 0 Å². The zero-order chi connectivity index (χ0) is 19.0. The van der Waals surface area contributed by atoms with Crippen molar-refractivity contribution in [1.82, 2.24) is 9.80 Å². The maximum Gasteiger partial charge on any atom is 0.323 e. The molecule has 2 aliphatic heterocycles. The van der Waals surface area contributed by atoms with Gasteiger partial charge in [-0.25, -0.2) is 0 Å². The highest BCUT2D eigenvalue weighted by Crippen LogP contribution is 2.23. The maximum absolute atomic E-state index is 11.3. The summed E-state index contributed by atoms with van der Waals surface area (Å²) in [7, 11) is 6.90. The number of carbonyl (C=O) groups excluding carboxylic acids is 2. The Balaban J connectivity index is 0.000000251. The Labute approximate surface area is 152 Å². The van der Waals surface area contributed by atoms with Crippen molar-refractivity contribution in [3.63, 3.8) is 0 Å². The van der Waals surface area contributed by atoms with Gasteiger partial charge < -0.3 is 9.47 Å². The number of ether oxygens (including phenoxy) is 2. The Kier molecular flexibility index (Phi) is 9.43. The Morgan fingerprint density at radius 3 is 1.76 bits per heavy atom. The molecule has 2 aliphatic rings. The minimum atomic E-state index is -0.0931. The van der Waals surface area contributed by atoms with Crippen molar-refractivity contribution >= 4 is 11.9 Å². The first-order chi connectivity index (χ1) is 11.8. The summed E-state index contributed by atoms with van der Waals surface area (Å²) in [5.74, 6) is 1.28. The minimum Gasteiger partial charge on any atom is -0.468 e. The lowest BCUT2D eigenvalue weighted by Gasteiger charge is -2.34. The molecule has 0 aromatic heterocycles. The molecule has 4 atom stereocenters. The number of likely N-dealkylation sites (tertiary alicyclic amines) is 2. The molecule has 0 N–H and O–H groups in total. The summed E-state index contributed by atoms with van der Waals surface area (Å²) in [5, 5.41) is 0. The number of esters is 2. The fourth-order valence-electron chi connectivity index (χ4n) is 3.81. The molecule has 2 rings (SSSR count).